The molecule has 28 heavy (non-hydrogen) atoms. The molecule has 5 heteroatoms. The van der Waals surface area contributed by atoms with Crippen LogP contribution < -0.4 is 5.32 Å². The molecule has 0 spiro atoms. The lowest BCUT2D eigenvalue weighted by molar-refractivity contribution is -0.144. The van der Waals surface area contributed by atoms with Gasteiger partial charge in [-0.25, -0.2) is 0 Å². The van der Waals surface area contributed by atoms with E-state index in [9.17, 15) is 9.90 Å². The fourth-order valence-corrected chi connectivity index (χ4v) is 3.80. The van der Waals surface area contributed by atoms with Crippen LogP contribution in [0.1, 0.15) is 30.9 Å². The van der Waals surface area contributed by atoms with Crippen molar-refractivity contribution < 1.29 is 14.6 Å². The van der Waals surface area contributed by atoms with Crippen molar-refractivity contribution >= 4 is 5.91 Å². The number of nitrogens with one attached hydrogen (secondary N) is 1. The van der Waals surface area contributed by atoms with Gasteiger partial charge in [0.05, 0.1) is 5.60 Å². The Morgan fingerprint density at radius 2 is 1.57 bits per heavy atom. The van der Waals surface area contributed by atoms with Gasteiger partial charge in [-0.15, -0.1) is 0 Å². The number of ether oxygens (including phenoxy) is 1. The molecule has 150 valence electrons. The van der Waals surface area contributed by atoms with Gasteiger partial charge in [0.2, 0.25) is 0 Å². The Bertz CT molecular complexity index is 716. The number of nitrogens with zero attached hydrogens (tertiary/aromatic N) is 1. The molecule has 1 heterocycles. The van der Waals surface area contributed by atoms with Gasteiger partial charge < -0.3 is 20.1 Å². The molecule has 1 aliphatic heterocycles. The van der Waals surface area contributed by atoms with Crippen LogP contribution in [0.5, 0.6) is 0 Å². The van der Waals surface area contributed by atoms with Crippen molar-refractivity contribution in [3.8, 4) is 0 Å². The van der Waals surface area contributed by atoms with E-state index in [1.165, 1.54) is 0 Å². The Morgan fingerprint density at radius 1 is 1.07 bits per heavy atom. The lowest BCUT2D eigenvalue weighted by Gasteiger charge is -2.38. The number of hydrogen-bond donors (Lipinski definition) is 2. The maximum Gasteiger partial charge on any atom is 0.261 e. The van der Waals surface area contributed by atoms with Crippen molar-refractivity contribution in [1.82, 2.24) is 10.2 Å². The summed E-state index contributed by atoms with van der Waals surface area (Å²) in [7, 11) is 2.04. The highest BCUT2D eigenvalue weighted by Crippen LogP contribution is 2.34. The number of carbonyl (C=O) groups excluding carboxylic acids is 1. The Hall–Kier alpha value is -2.21. The van der Waals surface area contributed by atoms with Gasteiger partial charge in [-0.3, -0.25) is 4.79 Å². The Morgan fingerprint density at radius 3 is 2.04 bits per heavy atom. The van der Waals surface area contributed by atoms with Crippen LogP contribution in [0.2, 0.25) is 0 Å². The van der Waals surface area contributed by atoms with E-state index in [1.54, 1.807) is 0 Å². The first-order chi connectivity index (χ1) is 13.5. The Balaban J connectivity index is 1.91. The van der Waals surface area contributed by atoms with Crippen LogP contribution in [-0.2, 0) is 15.1 Å². The van der Waals surface area contributed by atoms with Crippen molar-refractivity contribution in [3.63, 3.8) is 0 Å². The highest BCUT2D eigenvalue weighted by Gasteiger charge is 2.44. The highest BCUT2D eigenvalue weighted by atomic mass is 16.5. The molecule has 1 amide bonds. The molecule has 3 rings (SSSR count). The number of likely N-dealkylation sites (tertiary alicyclic amines) is 1. The van der Waals surface area contributed by atoms with E-state index >= 15 is 0 Å². The van der Waals surface area contributed by atoms with Crippen molar-refractivity contribution in [2.75, 3.05) is 33.3 Å². The van der Waals surface area contributed by atoms with E-state index < -0.39 is 11.2 Å². The summed E-state index contributed by atoms with van der Waals surface area (Å²) in [5.41, 5.74) is -0.584. The molecule has 1 aliphatic rings. The van der Waals surface area contributed by atoms with E-state index in [0.29, 0.717) is 19.4 Å². The standard InChI is InChI=1S/C23H30N2O3/c1-3-28-23(19-10-6-4-7-11-19,20-12-8-5-9-13-20)21(26)24-18-22(27)14-16-25(2)17-15-22/h4-13,27H,3,14-18H2,1-2H3,(H,24,26). The second-order valence-electron chi connectivity index (χ2n) is 7.56. The molecule has 2 aromatic rings. The third-order valence-electron chi connectivity index (χ3n) is 5.54. The molecule has 0 bridgehead atoms. The number of aliphatic hydroxyl groups is 1. The smallest absolute Gasteiger partial charge is 0.261 e. The average molecular weight is 383 g/mol. The van der Waals surface area contributed by atoms with Gasteiger partial charge in [0, 0.05) is 26.2 Å². The van der Waals surface area contributed by atoms with Gasteiger partial charge >= 0.3 is 0 Å². The van der Waals surface area contributed by atoms with Crippen LogP contribution >= 0.6 is 0 Å². The topological polar surface area (TPSA) is 61.8 Å². The summed E-state index contributed by atoms with van der Waals surface area (Å²) in [6, 6.07) is 19.1. The van der Waals surface area contributed by atoms with Gasteiger partial charge in [-0.2, -0.15) is 0 Å². The zero-order valence-electron chi connectivity index (χ0n) is 16.7. The number of rotatable bonds is 7. The third-order valence-corrected chi connectivity index (χ3v) is 5.54. The van der Waals surface area contributed by atoms with Gasteiger partial charge in [0.25, 0.3) is 5.91 Å². The van der Waals surface area contributed by atoms with Crippen LogP contribution in [0.15, 0.2) is 60.7 Å². The average Bonchev–Trinajstić information content (AvgIpc) is 2.74. The van der Waals surface area contributed by atoms with Gasteiger partial charge in [-0.1, -0.05) is 60.7 Å². The van der Waals surface area contributed by atoms with Crippen LogP contribution in [0, 0.1) is 0 Å². The molecule has 2 aromatic carbocycles. The maximum atomic E-state index is 13.5. The van der Waals surface area contributed by atoms with E-state index in [0.717, 1.165) is 24.2 Å². The quantitative estimate of drug-likeness (QED) is 0.773. The maximum absolute atomic E-state index is 13.5. The number of carbonyl (C=O) groups is 1. The second kappa shape index (κ2) is 8.86. The normalized spacial score (nSPS) is 17.2. The van der Waals surface area contributed by atoms with E-state index in [2.05, 4.69) is 10.2 Å². The number of amides is 1. The minimum Gasteiger partial charge on any atom is -0.388 e. The number of hydrogen-bond acceptors (Lipinski definition) is 4. The predicted octanol–water partition coefficient (Wildman–Crippen LogP) is 2.54. The predicted molar refractivity (Wildman–Crippen MR) is 110 cm³/mol. The minimum absolute atomic E-state index is 0.216. The summed E-state index contributed by atoms with van der Waals surface area (Å²) in [4.78, 5) is 15.7. The van der Waals surface area contributed by atoms with E-state index in [4.69, 9.17) is 4.74 Å². The molecule has 0 atom stereocenters. The number of piperidine rings is 1. The molecule has 0 unspecified atom stereocenters. The van der Waals surface area contributed by atoms with E-state index in [-0.39, 0.29) is 12.5 Å². The van der Waals surface area contributed by atoms with Crippen molar-refractivity contribution in [1.29, 1.82) is 0 Å². The molecule has 1 saturated heterocycles. The lowest BCUT2D eigenvalue weighted by Crippen LogP contribution is -2.54. The van der Waals surface area contributed by atoms with Crippen LogP contribution in [-0.4, -0.2) is 54.8 Å². The number of benzene rings is 2. The Kier molecular flexibility index (Phi) is 6.50. The molecule has 1 fully saturated rings. The highest BCUT2D eigenvalue weighted by molar-refractivity contribution is 5.90. The molecule has 0 aliphatic carbocycles. The second-order valence-corrected chi connectivity index (χ2v) is 7.56. The first-order valence-corrected chi connectivity index (χ1v) is 9.94. The van der Waals surface area contributed by atoms with Crippen LogP contribution in [0.25, 0.3) is 0 Å². The van der Waals surface area contributed by atoms with Crippen LogP contribution in [0.3, 0.4) is 0 Å². The summed E-state index contributed by atoms with van der Waals surface area (Å²) in [5.74, 6) is -0.251. The molecule has 0 aromatic heterocycles. The molecular weight excluding hydrogens is 352 g/mol. The molecule has 0 saturated carbocycles. The largest absolute Gasteiger partial charge is 0.388 e. The fraction of sp³-hybridized carbons (Fsp3) is 0.435. The zero-order valence-corrected chi connectivity index (χ0v) is 16.7. The fourth-order valence-electron chi connectivity index (χ4n) is 3.80. The lowest BCUT2D eigenvalue weighted by atomic mass is 9.84. The van der Waals surface area contributed by atoms with Gasteiger partial charge in [0.15, 0.2) is 5.60 Å². The first-order valence-electron chi connectivity index (χ1n) is 9.94. The summed E-state index contributed by atoms with van der Waals surface area (Å²) >= 11 is 0. The summed E-state index contributed by atoms with van der Waals surface area (Å²) in [6.45, 7) is 4.12. The molecular formula is C23H30N2O3. The summed E-state index contributed by atoms with van der Waals surface area (Å²) in [5, 5.41) is 13.9. The summed E-state index contributed by atoms with van der Waals surface area (Å²) < 4.78 is 6.15. The van der Waals surface area contributed by atoms with Crippen molar-refractivity contribution in [3.05, 3.63) is 71.8 Å². The monoisotopic (exact) mass is 382 g/mol. The van der Waals surface area contributed by atoms with E-state index in [1.807, 2.05) is 74.6 Å². The molecule has 0 radical (unpaired) electrons. The third kappa shape index (κ3) is 4.27. The van der Waals surface area contributed by atoms with Crippen molar-refractivity contribution in [2.24, 2.45) is 0 Å². The molecule has 5 nitrogen and oxygen atoms in total. The van der Waals surface area contributed by atoms with Gasteiger partial charge in [-0.05, 0) is 37.9 Å². The van der Waals surface area contributed by atoms with Crippen LogP contribution in [0.4, 0.5) is 0 Å². The SMILES string of the molecule is CCOC(C(=O)NCC1(O)CCN(C)CC1)(c1ccccc1)c1ccccc1. The van der Waals surface area contributed by atoms with Crippen molar-refractivity contribution in [2.45, 2.75) is 31.0 Å². The minimum atomic E-state index is -1.25. The van der Waals surface area contributed by atoms with Gasteiger partial charge in [0.1, 0.15) is 0 Å². The zero-order chi connectivity index (χ0) is 20.0. The first kappa shape index (κ1) is 20.5. The molecule has 2 N–H and O–H groups in total. The Labute approximate surface area is 167 Å². The summed E-state index contributed by atoms with van der Waals surface area (Å²) in [6.07, 6.45) is 1.28.